The van der Waals surface area contributed by atoms with Gasteiger partial charge in [-0.25, -0.2) is 0 Å². The Hall–Kier alpha value is -2.01. The highest BCUT2D eigenvalue weighted by Crippen LogP contribution is 2.29. The molecule has 0 radical (unpaired) electrons. The molecule has 0 amide bonds. The number of carbonyl (C=O) groups is 1. The first-order valence-corrected chi connectivity index (χ1v) is 7.08. The van der Waals surface area contributed by atoms with Crippen LogP contribution in [0.3, 0.4) is 0 Å². The number of methoxy groups -OCH3 is 2. The Kier molecular flexibility index (Phi) is 5.22. The molecule has 0 aliphatic heterocycles. The first kappa shape index (κ1) is 15.4. The van der Waals surface area contributed by atoms with E-state index >= 15 is 0 Å². The lowest BCUT2D eigenvalue weighted by Gasteiger charge is -2.10. The van der Waals surface area contributed by atoms with Gasteiger partial charge in [0, 0.05) is 10.5 Å². The summed E-state index contributed by atoms with van der Waals surface area (Å²) in [4.78, 5) is 11.4. The van der Waals surface area contributed by atoms with Crippen LogP contribution in [0.5, 0.6) is 17.2 Å². The Morgan fingerprint density at radius 3 is 2.48 bits per heavy atom. The molecule has 0 spiro atoms. The van der Waals surface area contributed by atoms with E-state index in [0.29, 0.717) is 17.2 Å². The van der Waals surface area contributed by atoms with Gasteiger partial charge < -0.3 is 14.2 Å². The van der Waals surface area contributed by atoms with Crippen LogP contribution in [0.4, 0.5) is 0 Å². The van der Waals surface area contributed by atoms with E-state index in [9.17, 15) is 4.79 Å². The van der Waals surface area contributed by atoms with Crippen LogP contribution in [0, 0.1) is 0 Å². The summed E-state index contributed by atoms with van der Waals surface area (Å²) in [7, 11) is 2.93. The standard InChI is InChI=1S/C16H15BrO4/c1-19-14-6-11(8-16(18)20-2)7-15(10-14)21-13-5-3-4-12(17)9-13/h3-7,9-10H,8H2,1-2H3. The highest BCUT2D eigenvalue weighted by molar-refractivity contribution is 9.10. The van der Waals surface area contributed by atoms with Gasteiger partial charge in [0.2, 0.25) is 0 Å². The van der Waals surface area contributed by atoms with Crippen molar-refractivity contribution in [1.29, 1.82) is 0 Å². The van der Waals surface area contributed by atoms with Gasteiger partial charge in [-0.05, 0) is 35.9 Å². The van der Waals surface area contributed by atoms with Crippen molar-refractivity contribution in [2.24, 2.45) is 0 Å². The minimum absolute atomic E-state index is 0.169. The van der Waals surface area contributed by atoms with Gasteiger partial charge in [0.15, 0.2) is 0 Å². The Balaban J connectivity index is 2.25. The minimum Gasteiger partial charge on any atom is -0.497 e. The highest BCUT2D eigenvalue weighted by atomic mass is 79.9. The average Bonchev–Trinajstić information content (AvgIpc) is 2.46. The van der Waals surface area contributed by atoms with Crippen molar-refractivity contribution in [3.8, 4) is 17.2 Å². The van der Waals surface area contributed by atoms with Crippen LogP contribution < -0.4 is 9.47 Å². The largest absolute Gasteiger partial charge is 0.497 e. The van der Waals surface area contributed by atoms with Gasteiger partial charge in [-0.2, -0.15) is 0 Å². The van der Waals surface area contributed by atoms with Crippen LogP contribution in [0.15, 0.2) is 46.9 Å². The van der Waals surface area contributed by atoms with Crippen molar-refractivity contribution in [2.75, 3.05) is 14.2 Å². The maximum Gasteiger partial charge on any atom is 0.309 e. The van der Waals surface area contributed by atoms with Crippen LogP contribution in [0.2, 0.25) is 0 Å². The Bertz CT molecular complexity index is 640. The normalized spacial score (nSPS) is 10.0. The summed E-state index contributed by atoms with van der Waals surface area (Å²) in [6.45, 7) is 0. The lowest BCUT2D eigenvalue weighted by Crippen LogP contribution is -2.04. The number of hydrogen-bond donors (Lipinski definition) is 0. The number of hydrogen-bond acceptors (Lipinski definition) is 4. The first-order valence-electron chi connectivity index (χ1n) is 6.29. The third kappa shape index (κ3) is 4.49. The third-order valence-electron chi connectivity index (χ3n) is 2.78. The summed E-state index contributed by atoms with van der Waals surface area (Å²) in [6, 6.07) is 12.9. The van der Waals surface area contributed by atoms with Crippen molar-refractivity contribution >= 4 is 21.9 Å². The molecule has 4 nitrogen and oxygen atoms in total. The molecule has 0 saturated heterocycles. The Labute approximate surface area is 131 Å². The maximum atomic E-state index is 11.4. The molecule has 0 N–H and O–H groups in total. The van der Waals surface area contributed by atoms with Crippen molar-refractivity contribution in [2.45, 2.75) is 6.42 Å². The highest BCUT2D eigenvalue weighted by Gasteiger charge is 2.08. The van der Waals surface area contributed by atoms with E-state index in [4.69, 9.17) is 9.47 Å². The second-order valence-electron chi connectivity index (χ2n) is 4.33. The molecule has 0 atom stereocenters. The molecule has 2 aromatic carbocycles. The molecule has 0 unspecified atom stereocenters. The van der Waals surface area contributed by atoms with Gasteiger partial charge in [0.05, 0.1) is 20.6 Å². The average molecular weight is 351 g/mol. The van der Waals surface area contributed by atoms with E-state index in [1.807, 2.05) is 24.3 Å². The molecule has 2 aromatic rings. The van der Waals surface area contributed by atoms with Crippen LogP contribution in [0.1, 0.15) is 5.56 Å². The molecule has 110 valence electrons. The monoisotopic (exact) mass is 350 g/mol. The quantitative estimate of drug-likeness (QED) is 0.765. The lowest BCUT2D eigenvalue weighted by atomic mass is 10.1. The molecule has 0 saturated carbocycles. The van der Waals surface area contributed by atoms with Gasteiger partial charge >= 0.3 is 5.97 Å². The minimum atomic E-state index is -0.309. The SMILES string of the molecule is COC(=O)Cc1cc(OC)cc(Oc2cccc(Br)c2)c1. The predicted octanol–water partition coefficient (Wildman–Crippen LogP) is 3.97. The Morgan fingerprint density at radius 1 is 1.05 bits per heavy atom. The van der Waals surface area contributed by atoms with E-state index in [1.165, 1.54) is 7.11 Å². The van der Waals surface area contributed by atoms with Crippen LogP contribution in [-0.2, 0) is 16.0 Å². The number of esters is 1. The summed E-state index contributed by atoms with van der Waals surface area (Å²) in [5, 5.41) is 0. The van der Waals surface area contributed by atoms with E-state index < -0.39 is 0 Å². The molecule has 5 heteroatoms. The molecule has 0 heterocycles. The third-order valence-corrected chi connectivity index (χ3v) is 3.28. The van der Waals surface area contributed by atoms with Gasteiger partial charge in [-0.3, -0.25) is 4.79 Å². The number of rotatable bonds is 5. The van der Waals surface area contributed by atoms with Crippen LogP contribution >= 0.6 is 15.9 Å². The van der Waals surface area contributed by atoms with Gasteiger partial charge in [0.1, 0.15) is 17.2 Å². The molecule has 0 fully saturated rings. The Morgan fingerprint density at radius 2 is 1.81 bits per heavy atom. The molecule has 0 bridgehead atoms. The zero-order chi connectivity index (χ0) is 15.2. The van der Waals surface area contributed by atoms with Crippen LogP contribution in [-0.4, -0.2) is 20.2 Å². The second-order valence-corrected chi connectivity index (χ2v) is 5.24. The number of ether oxygens (including phenoxy) is 3. The summed E-state index contributed by atoms with van der Waals surface area (Å²) in [6.07, 6.45) is 0.169. The van der Waals surface area contributed by atoms with Crippen molar-refractivity contribution < 1.29 is 19.0 Å². The van der Waals surface area contributed by atoms with Gasteiger partial charge in [-0.15, -0.1) is 0 Å². The first-order chi connectivity index (χ1) is 10.1. The van der Waals surface area contributed by atoms with Crippen molar-refractivity contribution in [3.63, 3.8) is 0 Å². The molecular weight excluding hydrogens is 336 g/mol. The van der Waals surface area contributed by atoms with Gasteiger partial charge in [0.25, 0.3) is 0 Å². The topological polar surface area (TPSA) is 44.8 Å². The fourth-order valence-electron chi connectivity index (χ4n) is 1.81. The zero-order valence-corrected chi connectivity index (χ0v) is 13.3. The number of benzene rings is 2. The number of halogens is 1. The molecular formula is C16H15BrO4. The van der Waals surface area contributed by atoms with E-state index in [1.54, 1.807) is 25.3 Å². The molecule has 2 rings (SSSR count). The van der Waals surface area contributed by atoms with Crippen molar-refractivity contribution in [1.82, 2.24) is 0 Å². The van der Waals surface area contributed by atoms with Gasteiger partial charge in [-0.1, -0.05) is 22.0 Å². The molecule has 21 heavy (non-hydrogen) atoms. The lowest BCUT2D eigenvalue weighted by molar-refractivity contribution is -0.139. The molecule has 0 aliphatic carbocycles. The summed E-state index contributed by atoms with van der Waals surface area (Å²) >= 11 is 3.39. The number of carbonyl (C=O) groups excluding carboxylic acids is 1. The summed E-state index contributed by atoms with van der Waals surface area (Å²) < 4.78 is 16.6. The fourth-order valence-corrected chi connectivity index (χ4v) is 2.19. The van der Waals surface area contributed by atoms with E-state index in [-0.39, 0.29) is 12.4 Å². The zero-order valence-electron chi connectivity index (χ0n) is 11.8. The smallest absolute Gasteiger partial charge is 0.309 e. The van der Waals surface area contributed by atoms with E-state index in [2.05, 4.69) is 20.7 Å². The summed E-state index contributed by atoms with van der Waals surface area (Å²) in [5.74, 6) is 1.62. The summed E-state index contributed by atoms with van der Waals surface area (Å²) in [5.41, 5.74) is 0.770. The van der Waals surface area contributed by atoms with Crippen LogP contribution in [0.25, 0.3) is 0 Å². The molecule has 0 aromatic heterocycles. The van der Waals surface area contributed by atoms with E-state index in [0.717, 1.165) is 10.0 Å². The maximum absolute atomic E-state index is 11.4. The second kappa shape index (κ2) is 7.13. The predicted molar refractivity (Wildman–Crippen MR) is 82.9 cm³/mol. The fraction of sp³-hybridized carbons (Fsp3) is 0.188. The van der Waals surface area contributed by atoms with Crippen molar-refractivity contribution in [3.05, 3.63) is 52.5 Å². The molecule has 0 aliphatic rings.